The van der Waals surface area contributed by atoms with Gasteiger partial charge >= 0.3 is 5.97 Å². The third-order valence-corrected chi connectivity index (χ3v) is 4.02. The van der Waals surface area contributed by atoms with Gasteiger partial charge in [0.25, 0.3) is 0 Å². The average molecular weight is 298 g/mol. The van der Waals surface area contributed by atoms with Crippen LogP contribution in [0.4, 0.5) is 0 Å². The number of ether oxygens (including phenoxy) is 1. The average Bonchev–Trinajstić information content (AvgIpc) is 2.88. The summed E-state index contributed by atoms with van der Waals surface area (Å²) >= 11 is 0. The molecule has 0 unspecified atom stereocenters. The van der Waals surface area contributed by atoms with Crippen molar-refractivity contribution in [2.24, 2.45) is 5.92 Å². The van der Waals surface area contributed by atoms with Gasteiger partial charge in [0.15, 0.2) is 0 Å². The SMILES string of the molecule is CCOC(=O)[C@@H]1CCC[C@H]1[NH2+][C@H](C)c1ccccc1.[Cl-]. The summed E-state index contributed by atoms with van der Waals surface area (Å²) in [6, 6.07) is 11.2. The van der Waals surface area contributed by atoms with E-state index in [1.54, 1.807) is 0 Å². The molecule has 2 rings (SSSR count). The van der Waals surface area contributed by atoms with Crippen LogP contribution in [0.3, 0.4) is 0 Å². The van der Waals surface area contributed by atoms with Gasteiger partial charge in [0.1, 0.15) is 12.0 Å². The number of hydrogen-bond acceptors (Lipinski definition) is 2. The zero-order valence-corrected chi connectivity index (χ0v) is 13.0. The maximum Gasteiger partial charge on any atom is 0.314 e. The van der Waals surface area contributed by atoms with Crippen molar-refractivity contribution in [1.82, 2.24) is 0 Å². The summed E-state index contributed by atoms with van der Waals surface area (Å²) in [7, 11) is 0. The Morgan fingerprint density at radius 1 is 1.35 bits per heavy atom. The predicted molar refractivity (Wildman–Crippen MR) is 74.5 cm³/mol. The van der Waals surface area contributed by atoms with E-state index < -0.39 is 0 Å². The van der Waals surface area contributed by atoms with Gasteiger partial charge in [-0.15, -0.1) is 0 Å². The first-order chi connectivity index (χ1) is 9.22. The van der Waals surface area contributed by atoms with Crippen molar-refractivity contribution in [2.45, 2.75) is 45.2 Å². The molecule has 1 aliphatic rings. The molecule has 0 aromatic heterocycles. The highest BCUT2D eigenvalue weighted by Crippen LogP contribution is 2.25. The number of benzene rings is 1. The number of nitrogens with two attached hydrogens (primary N) is 1. The van der Waals surface area contributed by atoms with Crippen molar-refractivity contribution in [1.29, 1.82) is 0 Å². The predicted octanol–water partition coefficient (Wildman–Crippen LogP) is -0.953. The Morgan fingerprint density at radius 3 is 2.70 bits per heavy atom. The minimum absolute atomic E-state index is 0. The van der Waals surface area contributed by atoms with E-state index in [1.807, 2.05) is 13.0 Å². The number of esters is 1. The fourth-order valence-corrected chi connectivity index (χ4v) is 3.00. The van der Waals surface area contributed by atoms with Crippen molar-refractivity contribution in [2.75, 3.05) is 6.61 Å². The van der Waals surface area contributed by atoms with Crippen molar-refractivity contribution in [3.05, 3.63) is 35.9 Å². The number of carbonyl (C=O) groups is 1. The van der Waals surface area contributed by atoms with E-state index in [2.05, 4.69) is 36.5 Å². The molecule has 3 atom stereocenters. The molecule has 0 radical (unpaired) electrons. The Hall–Kier alpha value is -1.06. The normalized spacial score (nSPS) is 22.9. The number of carbonyl (C=O) groups excluding carboxylic acids is 1. The number of halogens is 1. The fraction of sp³-hybridized carbons (Fsp3) is 0.562. The van der Waals surface area contributed by atoms with Crippen LogP contribution in [0.15, 0.2) is 30.3 Å². The Labute approximate surface area is 127 Å². The highest BCUT2D eigenvalue weighted by molar-refractivity contribution is 5.73. The zero-order valence-electron chi connectivity index (χ0n) is 12.2. The van der Waals surface area contributed by atoms with Crippen LogP contribution < -0.4 is 17.7 Å². The molecule has 112 valence electrons. The van der Waals surface area contributed by atoms with Crippen LogP contribution >= 0.6 is 0 Å². The molecular weight excluding hydrogens is 274 g/mol. The zero-order chi connectivity index (χ0) is 13.7. The van der Waals surface area contributed by atoms with Gasteiger partial charge in [0.05, 0.1) is 12.6 Å². The largest absolute Gasteiger partial charge is 1.00 e. The van der Waals surface area contributed by atoms with Gasteiger partial charge < -0.3 is 22.5 Å². The Balaban J connectivity index is 0.00000200. The van der Waals surface area contributed by atoms with Crippen LogP contribution in [0.1, 0.15) is 44.7 Å². The molecule has 1 saturated carbocycles. The van der Waals surface area contributed by atoms with Gasteiger partial charge in [-0.05, 0) is 26.7 Å². The molecule has 1 aromatic rings. The van der Waals surface area contributed by atoms with Crippen LogP contribution in [0, 0.1) is 5.92 Å². The Bertz CT molecular complexity index is 410. The molecule has 0 spiro atoms. The van der Waals surface area contributed by atoms with Gasteiger partial charge in [0, 0.05) is 12.0 Å². The first-order valence-corrected chi connectivity index (χ1v) is 7.29. The number of rotatable bonds is 5. The summed E-state index contributed by atoms with van der Waals surface area (Å²) in [5.74, 6) is 0.0626. The lowest BCUT2D eigenvalue weighted by Crippen LogP contribution is -3.00. The summed E-state index contributed by atoms with van der Waals surface area (Å²) in [4.78, 5) is 11.9. The quantitative estimate of drug-likeness (QED) is 0.712. The molecule has 2 N–H and O–H groups in total. The van der Waals surface area contributed by atoms with E-state index in [0.717, 1.165) is 19.3 Å². The van der Waals surface area contributed by atoms with Crippen molar-refractivity contribution in [3.63, 3.8) is 0 Å². The fourth-order valence-electron chi connectivity index (χ4n) is 3.00. The highest BCUT2D eigenvalue weighted by Gasteiger charge is 2.37. The summed E-state index contributed by atoms with van der Waals surface area (Å²) in [6.45, 7) is 4.56. The lowest BCUT2D eigenvalue weighted by atomic mass is 10.0. The molecule has 1 fully saturated rings. The molecule has 0 bridgehead atoms. The number of hydrogen-bond donors (Lipinski definition) is 1. The van der Waals surface area contributed by atoms with Crippen LogP contribution in [-0.2, 0) is 9.53 Å². The number of quaternary nitrogens is 1. The van der Waals surface area contributed by atoms with Gasteiger partial charge in [-0.3, -0.25) is 4.79 Å². The van der Waals surface area contributed by atoms with E-state index in [0.29, 0.717) is 18.7 Å². The van der Waals surface area contributed by atoms with E-state index in [-0.39, 0.29) is 24.3 Å². The maximum absolute atomic E-state index is 11.9. The first kappa shape index (κ1) is 17.0. The molecule has 0 heterocycles. The van der Waals surface area contributed by atoms with Gasteiger partial charge in [-0.2, -0.15) is 0 Å². The van der Waals surface area contributed by atoms with Crippen molar-refractivity contribution in [3.8, 4) is 0 Å². The van der Waals surface area contributed by atoms with Gasteiger partial charge in [-0.25, -0.2) is 0 Å². The van der Waals surface area contributed by atoms with Crippen molar-refractivity contribution >= 4 is 5.97 Å². The van der Waals surface area contributed by atoms with Crippen LogP contribution in [0.5, 0.6) is 0 Å². The second kappa shape index (κ2) is 8.28. The maximum atomic E-state index is 11.9. The standard InChI is InChI=1S/C16H23NO2.ClH/c1-3-19-16(18)14-10-7-11-15(14)17-12(2)13-8-5-4-6-9-13;/h4-6,8-9,12,14-15,17H,3,7,10-11H2,1-2H3;1H/t12-,14-,15-;/m1./s1. The lowest BCUT2D eigenvalue weighted by Gasteiger charge is -2.21. The summed E-state index contributed by atoms with van der Waals surface area (Å²) in [5.41, 5.74) is 1.32. The minimum atomic E-state index is -0.0125. The smallest absolute Gasteiger partial charge is 0.314 e. The van der Waals surface area contributed by atoms with Gasteiger partial charge in [-0.1, -0.05) is 30.3 Å². The van der Waals surface area contributed by atoms with Crippen LogP contribution in [-0.4, -0.2) is 18.6 Å². The molecule has 0 aliphatic heterocycles. The highest BCUT2D eigenvalue weighted by atomic mass is 35.5. The monoisotopic (exact) mass is 297 g/mol. The van der Waals surface area contributed by atoms with Crippen molar-refractivity contribution < 1.29 is 27.3 Å². The molecule has 3 nitrogen and oxygen atoms in total. The lowest BCUT2D eigenvalue weighted by molar-refractivity contribution is -0.727. The molecule has 1 aliphatic carbocycles. The van der Waals surface area contributed by atoms with Crippen LogP contribution in [0.25, 0.3) is 0 Å². The van der Waals surface area contributed by atoms with E-state index >= 15 is 0 Å². The third-order valence-electron chi connectivity index (χ3n) is 4.02. The van der Waals surface area contributed by atoms with Crippen LogP contribution in [0.2, 0.25) is 0 Å². The molecule has 4 heteroatoms. The second-order valence-electron chi connectivity index (χ2n) is 5.35. The van der Waals surface area contributed by atoms with Gasteiger partial charge in [0.2, 0.25) is 0 Å². The third kappa shape index (κ3) is 4.22. The topological polar surface area (TPSA) is 42.9 Å². The molecule has 1 aromatic carbocycles. The molecule has 0 saturated heterocycles. The first-order valence-electron chi connectivity index (χ1n) is 7.29. The summed E-state index contributed by atoms with van der Waals surface area (Å²) < 4.78 is 5.18. The molecule has 0 amide bonds. The minimum Gasteiger partial charge on any atom is -1.00 e. The second-order valence-corrected chi connectivity index (χ2v) is 5.35. The molecular formula is C16H24ClNO2. The van der Waals surface area contributed by atoms with E-state index in [1.165, 1.54) is 5.56 Å². The Morgan fingerprint density at radius 2 is 2.05 bits per heavy atom. The summed E-state index contributed by atoms with van der Waals surface area (Å²) in [6.07, 6.45) is 3.22. The molecule has 20 heavy (non-hydrogen) atoms. The summed E-state index contributed by atoms with van der Waals surface area (Å²) in [5, 5.41) is 2.34. The Kier molecular flexibility index (Phi) is 7.03. The van der Waals surface area contributed by atoms with E-state index in [4.69, 9.17) is 4.74 Å². The van der Waals surface area contributed by atoms with E-state index in [9.17, 15) is 4.79 Å².